The van der Waals surface area contributed by atoms with Crippen LogP contribution in [0.25, 0.3) is 0 Å². The minimum Gasteiger partial charge on any atom is -0.550 e. The second kappa shape index (κ2) is 8.84. The van der Waals surface area contributed by atoms with E-state index in [0.717, 1.165) is 36.1 Å². The van der Waals surface area contributed by atoms with Crippen molar-refractivity contribution in [2.45, 2.75) is 88.8 Å². The van der Waals surface area contributed by atoms with Crippen molar-refractivity contribution in [2.24, 2.45) is 28.6 Å². The first-order chi connectivity index (χ1) is 17.3. The summed E-state index contributed by atoms with van der Waals surface area (Å²) in [7, 11) is 1.63. The number of carboxylic acid groups (broad SMARTS) is 2. The van der Waals surface area contributed by atoms with Gasteiger partial charge in [0.2, 0.25) is 0 Å². The van der Waals surface area contributed by atoms with E-state index < -0.39 is 28.6 Å². The smallest absolute Gasteiger partial charge is 0.118 e. The summed E-state index contributed by atoms with van der Waals surface area (Å²) in [4.78, 5) is 23.0. The lowest BCUT2D eigenvalue weighted by atomic mass is 9.43. The molecule has 0 radical (unpaired) electrons. The molecule has 0 aliphatic heterocycles. The predicted octanol–water partition coefficient (Wildman–Crippen LogP) is 2.09. The van der Waals surface area contributed by atoms with Gasteiger partial charge in [-0.1, -0.05) is 37.6 Å². The van der Waals surface area contributed by atoms with Crippen LogP contribution in [0.2, 0.25) is 0 Å². The average molecular weight is 511 g/mol. The molecule has 1 aromatic carbocycles. The van der Waals surface area contributed by atoms with Crippen LogP contribution in [0.15, 0.2) is 35.9 Å². The zero-order valence-electron chi connectivity index (χ0n) is 22.0. The Labute approximate surface area is 218 Å². The molecule has 0 aromatic heterocycles. The quantitative estimate of drug-likeness (QED) is 0.561. The zero-order valence-corrected chi connectivity index (χ0v) is 22.0. The van der Waals surface area contributed by atoms with Crippen molar-refractivity contribution >= 4 is 11.9 Å². The molecule has 5 rings (SSSR count). The van der Waals surface area contributed by atoms with Gasteiger partial charge in [0, 0.05) is 30.7 Å². The van der Waals surface area contributed by atoms with E-state index >= 15 is 0 Å². The molecule has 37 heavy (non-hydrogen) atoms. The van der Waals surface area contributed by atoms with Gasteiger partial charge >= 0.3 is 0 Å². The molecule has 0 saturated heterocycles. The number of aliphatic carboxylic acids is 2. The van der Waals surface area contributed by atoms with E-state index in [9.17, 15) is 30.0 Å². The molecular weight excluding hydrogens is 472 g/mol. The standard InChI is InChI=1S/C30H40O7/c1-27-12-13-29(35,16-24(31)32)15-19(27)14-21(18-4-6-20(37-3)7-5-18)26-22(27)8-10-28(2)23(26)9-11-30(28,36)17-25(33)34/h4-7,14,21-23,26,35-36H,8-13,15-17H2,1-3H3,(H,31,32)(H,33,34)/p-2/t21?,22-,23-,26+,27-,28-,29?,30?/m0/s1. The highest BCUT2D eigenvalue weighted by molar-refractivity contribution is 5.66. The fourth-order valence-corrected chi connectivity index (χ4v) is 8.94. The molecule has 2 N–H and O–H groups in total. The number of allylic oxidation sites excluding steroid dienone is 1. The maximum absolute atomic E-state index is 11.6. The van der Waals surface area contributed by atoms with E-state index in [-0.39, 0.29) is 41.9 Å². The second-order valence-corrected chi connectivity index (χ2v) is 12.7. The van der Waals surface area contributed by atoms with Crippen molar-refractivity contribution in [3.8, 4) is 5.75 Å². The van der Waals surface area contributed by atoms with Gasteiger partial charge in [-0.05, 0) is 91.2 Å². The van der Waals surface area contributed by atoms with Crippen molar-refractivity contribution in [1.29, 1.82) is 0 Å². The Morgan fingerprint density at radius 1 is 0.946 bits per heavy atom. The van der Waals surface area contributed by atoms with E-state index in [4.69, 9.17) is 4.74 Å². The zero-order chi connectivity index (χ0) is 26.8. The van der Waals surface area contributed by atoms with Gasteiger partial charge in [0.25, 0.3) is 0 Å². The van der Waals surface area contributed by atoms with Crippen LogP contribution in [0.5, 0.6) is 5.75 Å². The molecule has 7 heteroatoms. The van der Waals surface area contributed by atoms with Gasteiger partial charge in [-0.3, -0.25) is 0 Å². The lowest BCUT2D eigenvalue weighted by Crippen LogP contribution is -2.58. The number of hydrogen-bond donors (Lipinski definition) is 2. The number of methoxy groups -OCH3 is 1. The molecule has 7 nitrogen and oxygen atoms in total. The first-order valence-corrected chi connectivity index (χ1v) is 13.5. The Balaban J connectivity index is 1.60. The molecule has 202 valence electrons. The van der Waals surface area contributed by atoms with Crippen LogP contribution >= 0.6 is 0 Å². The molecule has 4 aliphatic carbocycles. The van der Waals surface area contributed by atoms with E-state index in [1.54, 1.807) is 7.11 Å². The number of carboxylic acids is 2. The van der Waals surface area contributed by atoms with Gasteiger partial charge in [-0.15, -0.1) is 0 Å². The van der Waals surface area contributed by atoms with E-state index in [2.05, 4.69) is 32.1 Å². The van der Waals surface area contributed by atoms with Crippen LogP contribution in [0, 0.1) is 28.6 Å². The maximum atomic E-state index is 11.6. The van der Waals surface area contributed by atoms with Crippen LogP contribution in [0.3, 0.4) is 0 Å². The van der Waals surface area contributed by atoms with Gasteiger partial charge in [0.05, 0.1) is 18.3 Å². The van der Waals surface area contributed by atoms with Gasteiger partial charge in [-0.25, -0.2) is 0 Å². The van der Waals surface area contributed by atoms with Gasteiger partial charge < -0.3 is 34.8 Å². The molecular formula is C30H38O7-2. The van der Waals surface area contributed by atoms with Crippen LogP contribution in [0.4, 0.5) is 0 Å². The van der Waals surface area contributed by atoms with Crippen LogP contribution < -0.4 is 14.9 Å². The van der Waals surface area contributed by atoms with Crippen molar-refractivity contribution < 1.29 is 34.8 Å². The third-order valence-electron chi connectivity index (χ3n) is 11.0. The van der Waals surface area contributed by atoms with E-state index in [1.807, 2.05) is 12.1 Å². The molecule has 0 bridgehead atoms. The Morgan fingerprint density at radius 2 is 1.59 bits per heavy atom. The molecule has 3 fully saturated rings. The molecule has 1 aromatic rings. The molecule has 0 heterocycles. The van der Waals surface area contributed by atoms with Crippen molar-refractivity contribution in [1.82, 2.24) is 0 Å². The summed E-state index contributed by atoms with van der Waals surface area (Å²) in [6, 6.07) is 8.00. The Bertz CT molecular complexity index is 1110. The topological polar surface area (TPSA) is 130 Å². The first kappa shape index (κ1) is 26.2. The highest BCUT2D eigenvalue weighted by atomic mass is 16.5. The summed E-state index contributed by atoms with van der Waals surface area (Å²) in [5, 5.41) is 45.9. The van der Waals surface area contributed by atoms with Crippen molar-refractivity contribution in [2.75, 3.05) is 7.11 Å². The van der Waals surface area contributed by atoms with Gasteiger partial charge in [-0.2, -0.15) is 0 Å². The summed E-state index contributed by atoms with van der Waals surface area (Å²) in [6.45, 7) is 4.32. The summed E-state index contributed by atoms with van der Waals surface area (Å²) >= 11 is 0. The third kappa shape index (κ3) is 4.09. The molecule has 0 spiro atoms. The highest BCUT2D eigenvalue weighted by Crippen LogP contribution is 2.70. The first-order valence-electron chi connectivity index (χ1n) is 13.5. The Kier molecular flexibility index (Phi) is 6.27. The van der Waals surface area contributed by atoms with Gasteiger partial charge in [0.1, 0.15) is 5.75 Å². The van der Waals surface area contributed by atoms with Crippen molar-refractivity contribution in [3.63, 3.8) is 0 Å². The summed E-state index contributed by atoms with van der Waals surface area (Å²) in [5.74, 6) is -1.11. The van der Waals surface area contributed by atoms with Crippen LogP contribution in [-0.2, 0) is 9.59 Å². The molecule has 3 saturated carbocycles. The largest absolute Gasteiger partial charge is 0.550 e. The normalized spacial score (nSPS) is 42.7. The predicted molar refractivity (Wildman–Crippen MR) is 132 cm³/mol. The number of benzene rings is 1. The number of aliphatic hydroxyl groups is 2. The third-order valence-corrected chi connectivity index (χ3v) is 11.0. The molecule has 0 amide bonds. The lowest BCUT2D eigenvalue weighted by Gasteiger charge is -2.61. The fraction of sp³-hybridized carbons (Fsp3) is 0.667. The lowest BCUT2D eigenvalue weighted by molar-refractivity contribution is -0.312. The molecule has 8 atom stereocenters. The van der Waals surface area contributed by atoms with E-state index in [0.29, 0.717) is 25.7 Å². The molecule has 3 unspecified atom stereocenters. The minimum absolute atomic E-state index is 0.000729. The van der Waals surface area contributed by atoms with Gasteiger partial charge in [0.15, 0.2) is 0 Å². The second-order valence-electron chi connectivity index (χ2n) is 12.7. The SMILES string of the molecule is COc1ccc(C2C=C3CC(O)(CC(=O)[O-])CC[C@]3(C)[C@H]3CC[C@@]4(C)[C@@H](CCC4(O)CC(=O)[O-])[C@H]23)cc1. The summed E-state index contributed by atoms with van der Waals surface area (Å²) in [6.07, 6.45) is 5.69. The highest BCUT2D eigenvalue weighted by Gasteiger charge is 2.65. The Morgan fingerprint density at radius 3 is 2.22 bits per heavy atom. The van der Waals surface area contributed by atoms with Crippen LogP contribution in [0.1, 0.15) is 83.1 Å². The van der Waals surface area contributed by atoms with Crippen molar-refractivity contribution in [3.05, 3.63) is 41.5 Å². The minimum atomic E-state index is -1.31. The number of ether oxygens (including phenoxy) is 1. The number of rotatable bonds is 6. The summed E-state index contributed by atoms with van der Waals surface area (Å²) < 4.78 is 5.37. The maximum Gasteiger partial charge on any atom is 0.118 e. The Hall–Kier alpha value is -2.38. The van der Waals surface area contributed by atoms with Crippen LogP contribution in [-0.4, -0.2) is 40.5 Å². The number of carbonyl (C=O) groups is 2. The summed E-state index contributed by atoms with van der Waals surface area (Å²) in [5.41, 5.74) is -1.12. The number of carbonyl (C=O) groups excluding carboxylic acids is 2. The monoisotopic (exact) mass is 510 g/mol. The fourth-order valence-electron chi connectivity index (χ4n) is 8.94. The van der Waals surface area contributed by atoms with E-state index in [1.165, 1.54) is 0 Å². The average Bonchev–Trinajstić information content (AvgIpc) is 3.08. The number of hydrogen-bond acceptors (Lipinski definition) is 7. The number of fused-ring (bicyclic) bond motifs is 5. The molecule has 4 aliphatic rings.